The third-order valence-electron chi connectivity index (χ3n) is 3.49. The third-order valence-corrected chi connectivity index (χ3v) is 3.49. The highest BCUT2D eigenvalue weighted by atomic mass is 16.5. The van der Waals surface area contributed by atoms with Gasteiger partial charge in [-0.2, -0.15) is 5.10 Å². The van der Waals surface area contributed by atoms with Crippen LogP contribution >= 0.6 is 0 Å². The zero-order valence-corrected chi connectivity index (χ0v) is 11.6. The molecule has 19 heavy (non-hydrogen) atoms. The van der Waals surface area contributed by atoms with E-state index in [2.05, 4.69) is 10.4 Å². The van der Waals surface area contributed by atoms with Crippen molar-refractivity contribution in [3.05, 3.63) is 5.69 Å². The summed E-state index contributed by atoms with van der Waals surface area (Å²) in [6.45, 7) is 2.64. The predicted molar refractivity (Wildman–Crippen MR) is 73.8 cm³/mol. The third kappa shape index (κ3) is 3.47. The highest BCUT2D eigenvalue weighted by Gasteiger charge is 2.17. The van der Waals surface area contributed by atoms with Crippen molar-refractivity contribution in [1.29, 1.82) is 0 Å². The van der Waals surface area contributed by atoms with Crippen molar-refractivity contribution >= 4 is 17.4 Å². The van der Waals surface area contributed by atoms with Gasteiger partial charge in [0.05, 0.1) is 17.5 Å². The molecule has 1 atom stereocenters. The number of ether oxygens (including phenoxy) is 1. The van der Waals surface area contributed by atoms with Gasteiger partial charge in [-0.15, -0.1) is 0 Å². The SMILES string of the molecule is Cc1nn(C)c(NC(=O)CCC2CCCCO2)c1N. The van der Waals surface area contributed by atoms with Gasteiger partial charge in [0.25, 0.3) is 0 Å². The van der Waals surface area contributed by atoms with Crippen LogP contribution in [0.5, 0.6) is 0 Å². The zero-order chi connectivity index (χ0) is 13.8. The van der Waals surface area contributed by atoms with Crippen molar-refractivity contribution in [2.75, 3.05) is 17.7 Å². The van der Waals surface area contributed by atoms with Crippen LogP contribution in [0.25, 0.3) is 0 Å². The Labute approximate surface area is 113 Å². The highest BCUT2D eigenvalue weighted by Crippen LogP contribution is 2.22. The molecule has 0 spiro atoms. The minimum absolute atomic E-state index is 0.0381. The molecular formula is C13H22N4O2. The number of aromatic nitrogens is 2. The second-order valence-corrected chi connectivity index (χ2v) is 5.05. The molecular weight excluding hydrogens is 244 g/mol. The van der Waals surface area contributed by atoms with Crippen LogP contribution in [0, 0.1) is 6.92 Å². The highest BCUT2D eigenvalue weighted by molar-refractivity contribution is 5.93. The fraction of sp³-hybridized carbons (Fsp3) is 0.692. The normalized spacial score (nSPS) is 19.4. The number of nitrogens with two attached hydrogens (primary N) is 1. The lowest BCUT2D eigenvalue weighted by molar-refractivity contribution is -0.117. The molecule has 0 aliphatic carbocycles. The molecule has 106 valence electrons. The maximum Gasteiger partial charge on any atom is 0.225 e. The number of hydrogen-bond donors (Lipinski definition) is 2. The summed E-state index contributed by atoms with van der Waals surface area (Å²) < 4.78 is 7.20. The van der Waals surface area contributed by atoms with E-state index < -0.39 is 0 Å². The quantitative estimate of drug-likeness (QED) is 0.867. The van der Waals surface area contributed by atoms with Crippen molar-refractivity contribution in [2.45, 2.75) is 45.1 Å². The predicted octanol–water partition coefficient (Wildman–Crippen LogP) is 1.60. The second-order valence-electron chi connectivity index (χ2n) is 5.05. The summed E-state index contributed by atoms with van der Waals surface area (Å²) >= 11 is 0. The van der Waals surface area contributed by atoms with E-state index in [0.29, 0.717) is 17.9 Å². The maximum atomic E-state index is 11.9. The molecule has 0 aromatic carbocycles. The van der Waals surface area contributed by atoms with Gasteiger partial charge in [0.2, 0.25) is 5.91 Å². The number of aryl methyl sites for hydroxylation is 2. The molecule has 1 fully saturated rings. The van der Waals surface area contributed by atoms with Crippen molar-refractivity contribution in [1.82, 2.24) is 9.78 Å². The molecule has 1 unspecified atom stereocenters. The van der Waals surface area contributed by atoms with E-state index >= 15 is 0 Å². The number of hydrogen-bond acceptors (Lipinski definition) is 4. The molecule has 0 saturated carbocycles. The van der Waals surface area contributed by atoms with E-state index in [-0.39, 0.29) is 12.0 Å². The van der Waals surface area contributed by atoms with Crippen molar-refractivity contribution in [3.8, 4) is 0 Å². The summed E-state index contributed by atoms with van der Waals surface area (Å²) in [4.78, 5) is 11.9. The standard InChI is InChI=1S/C13H22N4O2/c1-9-12(14)13(17(2)16-9)15-11(18)7-6-10-5-3-4-8-19-10/h10H,3-8,14H2,1-2H3,(H,15,18). The molecule has 1 saturated heterocycles. The first kappa shape index (κ1) is 13.9. The fourth-order valence-corrected chi connectivity index (χ4v) is 2.34. The van der Waals surface area contributed by atoms with Crippen LogP contribution < -0.4 is 11.1 Å². The number of nitrogens with one attached hydrogen (secondary N) is 1. The molecule has 1 aromatic rings. The topological polar surface area (TPSA) is 82.2 Å². The summed E-state index contributed by atoms with van der Waals surface area (Å²) in [5.41, 5.74) is 7.13. The summed E-state index contributed by atoms with van der Waals surface area (Å²) in [5, 5.41) is 6.99. The van der Waals surface area contributed by atoms with Gasteiger partial charge in [-0.1, -0.05) is 0 Å². The lowest BCUT2D eigenvalue weighted by Crippen LogP contribution is -2.22. The summed E-state index contributed by atoms with van der Waals surface area (Å²) in [5.74, 6) is 0.538. The average molecular weight is 266 g/mol. The van der Waals surface area contributed by atoms with Crippen LogP contribution in [0.4, 0.5) is 11.5 Å². The maximum absolute atomic E-state index is 11.9. The van der Waals surface area contributed by atoms with E-state index in [4.69, 9.17) is 10.5 Å². The minimum atomic E-state index is -0.0381. The minimum Gasteiger partial charge on any atom is -0.394 e. The first-order valence-corrected chi connectivity index (χ1v) is 6.78. The van der Waals surface area contributed by atoms with Gasteiger partial charge in [-0.3, -0.25) is 9.48 Å². The Morgan fingerprint density at radius 3 is 2.95 bits per heavy atom. The van der Waals surface area contributed by atoms with Gasteiger partial charge >= 0.3 is 0 Å². The lowest BCUT2D eigenvalue weighted by atomic mass is 10.0. The first-order chi connectivity index (χ1) is 9.08. The number of nitrogens with zero attached hydrogens (tertiary/aromatic N) is 2. The molecule has 3 N–H and O–H groups in total. The van der Waals surface area contributed by atoms with Gasteiger partial charge < -0.3 is 15.8 Å². The van der Waals surface area contributed by atoms with Crippen LogP contribution in [0.15, 0.2) is 0 Å². The number of carbonyl (C=O) groups excluding carboxylic acids is 1. The summed E-state index contributed by atoms with van der Waals surface area (Å²) in [6, 6.07) is 0. The molecule has 1 aliphatic heterocycles. The number of rotatable bonds is 4. The van der Waals surface area contributed by atoms with E-state index in [1.807, 2.05) is 6.92 Å². The average Bonchev–Trinajstić information content (AvgIpc) is 2.64. The largest absolute Gasteiger partial charge is 0.394 e. The molecule has 0 radical (unpaired) electrons. The summed E-state index contributed by atoms with van der Waals surface area (Å²) in [6.07, 6.45) is 4.83. The first-order valence-electron chi connectivity index (χ1n) is 6.78. The van der Waals surface area contributed by atoms with Crippen molar-refractivity contribution in [2.24, 2.45) is 7.05 Å². The zero-order valence-electron chi connectivity index (χ0n) is 11.6. The van der Waals surface area contributed by atoms with Gasteiger partial charge in [-0.25, -0.2) is 0 Å². The lowest BCUT2D eigenvalue weighted by Gasteiger charge is -2.22. The fourth-order valence-electron chi connectivity index (χ4n) is 2.34. The van der Waals surface area contributed by atoms with E-state index in [0.717, 1.165) is 31.6 Å². The molecule has 2 rings (SSSR count). The Hall–Kier alpha value is -1.56. The number of anilines is 2. The summed E-state index contributed by atoms with van der Waals surface area (Å²) in [7, 11) is 1.77. The number of carbonyl (C=O) groups is 1. The molecule has 1 amide bonds. The Morgan fingerprint density at radius 2 is 2.37 bits per heavy atom. The van der Waals surface area contributed by atoms with Crippen LogP contribution in [-0.4, -0.2) is 28.4 Å². The van der Waals surface area contributed by atoms with Crippen LogP contribution in [-0.2, 0) is 16.6 Å². The van der Waals surface area contributed by atoms with E-state index in [1.165, 1.54) is 6.42 Å². The van der Waals surface area contributed by atoms with Crippen LogP contribution in [0.3, 0.4) is 0 Å². The molecule has 0 bridgehead atoms. The van der Waals surface area contributed by atoms with Crippen LogP contribution in [0.1, 0.15) is 37.8 Å². The second kappa shape index (κ2) is 6.06. The Kier molecular flexibility index (Phi) is 4.42. The van der Waals surface area contributed by atoms with Crippen molar-refractivity contribution in [3.63, 3.8) is 0 Å². The Bertz CT molecular complexity index is 450. The van der Waals surface area contributed by atoms with Gasteiger partial charge in [0, 0.05) is 20.1 Å². The molecule has 6 nitrogen and oxygen atoms in total. The number of amides is 1. The Balaban J connectivity index is 1.83. The van der Waals surface area contributed by atoms with E-state index in [9.17, 15) is 4.79 Å². The molecule has 6 heteroatoms. The van der Waals surface area contributed by atoms with Gasteiger partial charge in [0.15, 0.2) is 5.82 Å². The van der Waals surface area contributed by atoms with Crippen LogP contribution in [0.2, 0.25) is 0 Å². The monoisotopic (exact) mass is 266 g/mol. The van der Waals surface area contributed by atoms with Gasteiger partial charge in [0.1, 0.15) is 0 Å². The number of nitrogen functional groups attached to an aromatic ring is 1. The van der Waals surface area contributed by atoms with Gasteiger partial charge in [-0.05, 0) is 32.6 Å². The molecule has 1 aromatic heterocycles. The molecule has 2 heterocycles. The van der Waals surface area contributed by atoms with Crippen molar-refractivity contribution < 1.29 is 9.53 Å². The Morgan fingerprint density at radius 1 is 1.58 bits per heavy atom. The molecule has 1 aliphatic rings. The van der Waals surface area contributed by atoms with E-state index in [1.54, 1.807) is 11.7 Å². The smallest absolute Gasteiger partial charge is 0.225 e.